The van der Waals surface area contributed by atoms with Crippen LogP contribution in [0.3, 0.4) is 0 Å². The van der Waals surface area contributed by atoms with E-state index in [4.69, 9.17) is 9.15 Å². The zero-order valence-corrected chi connectivity index (χ0v) is 15.7. The number of nitrogens with zero attached hydrogens (tertiary/aromatic N) is 1. The third kappa shape index (κ3) is 3.96. The van der Waals surface area contributed by atoms with Crippen molar-refractivity contribution in [1.82, 2.24) is 4.90 Å². The Morgan fingerprint density at radius 3 is 2.21 bits per heavy atom. The molecule has 0 radical (unpaired) electrons. The highest BCUT2D eigenvalue weighted by Crippen LogP contribution is 2.23. The van der Waals surface area contributed by atoms with E-state index in [-0.39, 0.29) is 31.4 Å². The number of esters is 1. The van der Waals surface area contributed by atoms with Gasteiger partial charge < -0.3 is 9.15 Å². The Hall–Kier alpha value is -3.67. The number of hydrogen-bond donors (Lipinski definition) is 0. The second-order valence-electron chi connectivity index (χ2n) is 6.66. The molecule has 0 saturated heterocycles. The van der Waals surface area contributed by atoms with E-state index in [1.807, 2.05) is 42.5 Å². The monoisotopic (exact) mass is 389 g/mol. The molecule has 4 rings (SSSR count). The Morgan fingerprint density at radius 2 is 1.52 bits per heavy atom. The van der Waals surface area contributed by atoms with E-state index in [9.17, 15) is 14.4 Å². The van der Waals surface area contributed by atoms with Gasteiger partial charge in [-0.3, -0.25) is 19.3 Å². The number of aryl methyl sites for hydroxylation is 1. The fraction of sp³-hybridized carbons (Fsp3) is 0.174. The van der Waals surface area contributed by atoms with Gasteiger partial charge in [0, 0.05) is 12.0 Å². The van der Waals surface area contributed by atoms with Gasteiger partial charge in [0.2, 0.25) is 0 Å². The van der Waals surface area contributed by atoms with Crippen molar-refractivity contribution >= 4 is 17.8 Å². The van der Waals surface area contributed by atoms with E-state index in [0.717, 1.165) is 16.2 Å². The molecule has 1 aliphatic rings. The molecule has 0 atom stereocenters. The first-order valence-corrected chi connectivity index (χ1v) is 9.38. The second-order valence-corrected chi connectivity index (χ2v) is 6.66. The van der Waals surface area contributed by atoms with Crippen LogP contribution in [-0.2, 0) is 16.0 Å². The number of ether oxygens (including phenoxy) is 1. The molecule has 2 amide bonds. The van der Waals surface area contributed by atoms with Crippen molar-refractivity contribution in [1.29, 1.82) is 0 Å². The van der Waals surface area contributed by atoms with Crippen LogP contribution in [-0.4, -0.2) is 35.8 Å². The van der Waals surface area contributed by atoms with Gasteiger partial charge in [-0.2, -0.15) is 0 Å². The van der Waals surface area contributed by atoms with E-state index >= 15 is 0 Å². The van der Waals surface area contributed by atoms with Crippen LogP contribution in [0.4, 0.5) is 0 Å². The summed E-state index contributed by atoms with van der Waals surface area (Å²) in [6.07, 6.45) is 0.572. The number of benzene rings is 2. The van der Waals surface area contributed by atoms with Crippen LogP contribution in [0.25, 0.3) is 11.3 Å². The molecule has 0 saturated carbocycles. The first-order valence-electron chi connectivity index (χ1n) is 9.38. The average molecular weight is 389 g/mol. The standard InChI is InChI=1S/C23H19NO5/c25-21(13-11-17-10-12-20(29-17)16-6-2-1-3-7-16)28-15-14-24-22(26)18-8-4-5-9-19(18)23(24)27/h1-10,12H,11,13-15H2. The van der Waals surface area contributed by atoms with E-state index < -0.39 is 5.97 Å². The lowest BCUT2D eigenvalue weighted by molar-refractivity contribution is -0.143. The number of rotatable bonds is 7. The van der Waals surface area contributed by atoms with Gasteiger partial charge in [-0.1, -0.05) is 42.5 Å². The van der Waals surface area contributed by atoms with Crippen LogP contribution in [0, 0.1) is 0 Å². The molecular formula is C23H19NO5. The third-order valence-corrected chi connectivity index (χ3v) is 4.75. The minimum absolute atomic E-state index is 0.0300. The minimum Gasteiger partial charge on any atom is -0.464 e. The second kappa shape index (κ2) is 8.14. The van der Waals surface area contributed by atoms with Gasteiger partial charge in [0.05, 0.1) is 24.1 Å². The van der Waals surface area contributed by atoms with Crippen molar-refractivity contribution in [2.24, 2.45) is 0 Å². The Bertz CT molecular complexity index is 1020. The highest BCUT2D eigenvalue weighted by molar-refractivity contribution is 6.21. The molecule has 2 heterocycles. The van der Waals surface area contributed by atoms with E-state index in [1.165, 1.54) is 0 Å². The molecule has 0 N–H and O–H groups in total. The Morgan fingerprint density at radius 1 is 0.862 bits per heavy atom. The zero-order chi connectivity index (χ0) is 20.2. The molecule has 146 valence electrons. The molecular weight excluding hydrogens is 370 g/mol. The van der Waals surface area contributed by atoms with Crippen molar-refractivity contribution < 1.29 is 23.5 Å². The first-order chi connectivity index (χ1) is 14.1. The fourth-order valence-corrected chi connectivity index (χ4v) is 3.26. The molecule has 6 heteroatoms. The highest BCUT2D eigenvalue weighted by atomic mass is 16.5. The first kappa shape index (κ1) is 18.7. The van der Waals surface area contributed by atoms with Crippen LogP contribution < -0.4 is 0 Å². The molecule has 6 nitrogen and oxygen atoms in total. The number of amides is 2. The summed E-state index contributed by atoms with van der Waals surface area (Å²) < 4.78 is 11.0. The van der Waals surface area contributed by atoms with Crippen LogP contribution in [0.5, 0.6) is 0 Å². The van der Waals surface area contributed by atoms with Gasteiger partial charge in [-0.15, -0.1) is 0 Å². The molecule has 0 aliphatic carbocycles. The Labute approximate surface area is 167 Å². The molecule has 3 aromatic rings. The average Bonchev–Trinajstić information content (AvgIpc) is 3.32. The van der Waals surface area contributed by atoms with E-state index in [0.29, 0.717) is 23.3 Å². The van der Waals surface area contributed by atoms with Crippen molar-refractivity contribution in [3.05, 3.63) is 83.6 Å². The van der Waals surface area contributed by atoms with Crippen LogP contribution in [0.1, 0.15) is 32.9 Å². The largest absolute Gasteiger partial charge is 0.464 e. The zero-order valence-electron chi connectivity index (χ0n) is 15.7. The smallest absolute Gasteiger partial charge is 0.306 e. The molecule has 0 unspecified atom stereocenters. The lowest BCUT2D eigenvalue weighted by Crippen LogP contribution is -2.33. The summed E-state index contributed by atoms with van der Waals surface area (Å²) in [7, 11) is 0. The summed E-state index contributed by atoms with van der Waals surface area (Å²) in [5, 5.41) is 0. The van der Waals surface area contributed by atoms with Gasteiger partial charge in [0.1, 0.15) is 18.1 Å². The number of carbonyl (C=O) groups is 3. The summed E-state index contributed by atoms with van der Waals surface area (Å²) in [6.45, 7) is 0.00865. The topological polar surface area (TPSA) is 76.8 Å². The summed E-state index contributed by atoms with van der Waals surface area (Å²) in [5.41, 5.74) is 1.74. The molecule has 2 aromatic carbocycles. The van der Waals surface area contributed by atoms with Gasteiger partial charge in [0.25, 0.3) is 11.8 Å². The van der Waals surface area contributed by atoms with Crippen molar-refractivity contribution in [2.45, 2.75) is 12.8 Å². The molecule has 0 bridgehead atoms. The van der Waals surface area contributed by atoms with Gasteiger partial charge >= 0.3 is 5.97 Å². The molecule has 1 aliphatic heterocycles. The van der Waals surface area contributed by atoms with Crippen LogP contribution in [0.2, 0.25) is 0 Å². The quantitative estimate of drug-likeness (QED) is 0.455. The number of carbonyl (C=O) groups excluding carboxylic acids is 3. The predicted octanol–water partition coefficient (Wildman–Crippen LogP) is 3.72. The molecule has 1 aromatic heterocycles. The summed E-state index contributed by atoms with van der Waals surface area (Å²) >= 11 is 0. The van der Waals surface area contributed by atoms with Gasteiger partial charge in [0.15, 0.2) is 0 Å². The lowest BCUT2D eigenvalue weighted by atomic mass is 10.1. The highest BCUT2D eigenvalue weighted by Gasteiger charge is 2.34. The van der Waals surface area contributed by atoms with E-state index in [2.05, 4.69) is 0 Å². The maximum atomic E-state index is 12.3. The molecule has 0 fully saturated rings. The normalized spacial score (nSPS) is 12.9. The predicted molar refractivity (Wildman–Crippen MR) is 105 cm³/mol. The maximum absolute atomic E-state index is 12.3. The SMILES string of the molecule is O=C(CCc1ccc(-c2ccccc2)o1)OCCN1C(=O)c2ccccc2C1=O. The maximum Gasteiger partial charge on any atom is 0.306 e. The summed E-state index contributed by atoms with van der Waals surface area (Å²) in [4.78, 5) is 37.6. The number of imide groups is 1. The van der Waals surface area contributed by atoms with Crippen LogP contribution in [0.15, 0.2) is 71.1 Å². The van der Waals surface area contributed by atoms with Crippen molar-refractivity contribution in [3.63, 3.8) is 0 Å². The summed E-state index contributed by atoms with van der Waals surface area (Å²) in [6, 6.07) is 20.1. The van der Waals surface area contributed by atoms with Crippen LogP contribution >= 0.6 is 0 Å². The van der Waals surface area contributed by atoms with Crippen molar-refractivity contribution in [3.8, 4) is 11.3 Å². The van der Waals surface area contributed by atoms with Gasteiger partial charge in [-0.25, -0.2) is 0 Å². The van der Waals surface area contributed by atoms with Gasteiger partial charge in [-0.05, 0) is 24.3 Å². The molecule has 0 spiro atoms. The third-order valence-electron chi connectivity index (χ3n) is 4.75. The van der Waals surface area contributed by atoms with E-state index in [1.54, 1.807) is 24.3 Å². The fourth-order valence-electron chi connectivity index (χ4n) is 3.26. The van der Waals surface area contributed by atoms with Crippen molar-refractivity contribution in [2.75, 3.05) is 13.2 Å². The number of fused-ring (bicyclic) bond motifs is 1. The Kier molecular flexibility index (Phi) is 5.24. The minimum atomic E-state index is -0.403. The lowest BCUT2D eigenvalue weighted by Gasteiger charge is -2.13. The number of hydrogen-bond acceptors (Lipinski definition) is 5. The summed E-state index contributed by atoms with van der Waals surface area (Å²) in [5.74, 6) is 0.330. The molecule has 29 heavy (non-hydrogen) atoms. The Balaban J connectivity index is 1.24. The number of furan rings is 1.